The third kappa shape index (κ3) is 2.64. The van der Waals surface area contributed by atoms with E-state index in [1.54, 1.807) is 12.1 Å². The Morgan fingerprint density at radius 2 is 1.94 bits per heavy atom. The Labute approximate surface area is 101 Å². The van der Waals surface area contributed by atoms with Crippen molar-refractivity contribution in [2.24, 2.45) is 11.1 Å². The van der Waals surface area contributed by atoms with E-state index >= 15 is 0 Å². The molecule has 1 saturated carbocycles. The van der Waals surface area contributed by atoms with Gasteiger partial charge >= 0.3 is 0 Å². The first-order valence-electron chi connectivity index (χ1n) is 6.09. The zero-order valence-electron chi connectivity index (χ0n) is 9.89. The van der Waals surface area contributed by atoms with E-state index in [1.165, 1.54) is 19.3 Å². The van der Waals surface area contributed by atoms with Gasteiger partial charge in [-0.1, -0.05) is 18.6 Å². The summed E-state index contributed by atoms with van der Waals surface area (Å²) in [5.74, 6) is 0. The number of nitrogens with two attached hydrogens (primary N) is 1. The molecule has 0 spiro atoms. The van der Waals surface area contributed by atoms with Gasteiger partial charge in [-0.15, -0.1) is 0 Å². The Morgan fingerprint density at radius 3 is 2.35 bits per heavy atom. The Balaban J connectivity index is 1.93. The van der Waals surface area contributed by atoms with Gasteiger partial charge in [-0.05, 0) is 43.2 Å². The molecule has 0 unspecified atom stereocenters. The van der Waals surface area contributed by atoms with Gasteiger partial charge in [0.1, 0.15) is 0 Å². The van der Waals surface area contributed by atoms with Crippen LogP contribution in [-0.2, 0) is 6.42 Å². The minimum Gasteiger partial charge on any atom is -0.330 e. The molecule has 0 bridgehead atoms. The SMILES string of the molecule is NCC1(CCc2ccc([N+](=O)[O-])cc2)CCC1. The molecule has 0 saturated heterocycles. The average Bonchev–Trinajstić information content (AvgIpc) is 2.29. The summed E-state index contributed by atoms with van der Waals surface area (Å²) in [6.07, 6.45) is 5.82. The van der Waals surface area contributed by atoms with E-state index in [0.29, 0.717) is 5.41 Å². The quantitative estimate of drug-likeness (QED) is 0.629. The highest BCUT2D eigenvalue weighted by atomic mass is 16.6. The molecule has 1 fully saturated rings. The molecule has 0 radical (unpaired) electrons. The third-order valence-corrected chi connectivity index (χ3v) is 3.94. The molecule has 1 aromatic carbocycles. The Morgan fingerprint density at radius 1 is 1.29 bits per heavy atom. The van der Waals surface area contributed by atoms with E-state index in [4.69, 9.17) is 5.73 Å². The fourth-order valence-corrected chi connectivity index (χ4v) is 2.43. The van der Waals surface area contributed by atoms with E-state index in [0.717, 1.165) is 24.9 Å². The van der Waals surface area contributed by atoms with Gasteiger partial charge < -0.3 is 5.73 Å². The van der Waals surface area contributed by atoms with Gasteiger partial charge in [0.2, 0.25) is 0 Å². The number of aryl methyl sites for hydroxylation is 1. The summed E-state index contributed by atoms with van der Waals surface area (Å²) in [6, 6.07) is 6.85. The average molecular weight is 234 g/mol. The molecule has 4 nitrogen and oxygen atoms in total. The Kier molecular flexibility index (Phi) is 3.43. The van der Waals surface area contributed by atoms with E-state index in [-0.39, 0.29) is 10.6 Å². The van der Waals surface area contributed by atoms with Crippen molar-refractivity contribution >= 4 is 5.69 Å². The maximum atomic E-state index is 10.5. The van der Waals surface area contributed by atoms with Crippen molar-refractivity contribution in [1.29, 1.82) is 0 Å². The van der Waals surface area contributed by atoms with Crippen LogP contribution < -0.4 is 5.73 Å². The number of rotatable bonds is 5. The predicted octanol–water partition coefficient (Wildman–Crippen LogP) is 2.66. The molecule has 4 heteroatoms. The van der Waals surface area contributed by atoms with Gasteiger partial charge in [-0.25, -0.2) is 0 Å². The molecule has 2 rings (SSSR count). The van der Waals surface area contributed by atoms with Crippen LogP contribution in [0.4, 0.5) is 5.69 Å². The summed E-state index contributed by atoms with van der Waals surface area (Å²) >= 11 is 0. The molecule has 17 heavy (non-hydrogen) atoms. The number of nitrogens with zero attached hydrogens (tertiary/aromatic N) is 1. The lowest BCUT2D eigenvalue weighted by atomic mass is 9.66. The van der Waals surface area contributed by atoms with Gasteiger partial charge in [0.05, 0.1) is 4.92 Å². The minimum atomic E-state index is -0.364. The molecule has 2 N–H and O–H groups in total. The number of non-ortho nitro benzene ring substituents is 1. The highest BCUT2D eigenvalue weighted by Crippen LogP contribution is 2.43. The highest BCUT2D eigenvalue weighted by Gasteiger charge is 2.34. The summed E-state index contributed by atoms with van der Waals surface area (Å²) < 4.78 is 0. The summed E-state index contributed by atoms with van der Waals surface area (Å²) in [6.45, 7) is 0.764. The van der Waals surface area contributed by atoms with Crippen LogP contribution in [0.1, 0.15) is 31.2 Å². The summed E-state index contributed by atoms with van der Waals surface area (Å²) in [7, 11) is 0. The van der Waals surface area contributed by atoms with Gasteiger partial charge in [0.25, 0.3) is 5.69 Å². The van der Waals surface area contributed by atoms with Gasteiger partial charge in [0, 0.05) is 12.1 Å². The number of hydrogen-bond donors (Lipinski definition) is 1. The second-order valence-corrected chi connectivity index (χ2v) is 4.98. The maximum absolute atomic E-state index is 10.5. The molecule has 1 aromatic rings. The van der Waals surface area contributed by atoms with E-state index in [9.17, 15) is 10.1 Å². The number of hydrogen-bond acceptors (Lipinski definition) is 3. The van der Waals surface area contributed by atoms with Crippen LogP contribution in [0.25, 0.3) is 0 Å². The van der Waals surface area contributed by atoms with Crippen LogP contribution in [0.5, 0.6) is 0 Å². The molecular formula is C13H18N2O2. The van der Waals surface area contributed by atoms with E-state index in [1.807, 2.05) is 12.1 Å². The van der Waals surface area contributed by atoms with Crippen LogP contribution in [0.15, 0.2) is 24.3 Å². The fraction of sp³-hybridized carbons (Fsp3) is 0.538. The summed E-state index contributed by atoms with van der Waals surface area (Å²) in [5.41, 5.74) is 7.48. The van der Waals surface area contributed by atoms with E-state index in [2.05, 4.69) is 0 Å². The van der Waals surface area contributed by atoms with Crippen molar-refractivity contribution in [3.63, 3.8) is 0 Å². The molecule has 0 atom stereocenters. The van der Waals surface area contributed by atoms with Crippen LogP contribution in [0.3, 0.4) is 0 Å². The number of benzene rings is 1. The fourth-order valence-electron chi connectivity index (χ4n) is 2.43. The standard InChI is InChI=1S/C13H18N2O2/c14-10-13(7-1-8-13)9-6-11-2-4-12(5-3-11)15(16)17/h2-5H,1,6-10,14H2. The van der Waals surface area contributed by atoms with E-state index < -0.39 is 0 Å². The molecule has 0 aromatic heterocycles. The van der Waals surface area contributed by atoms with Gasteiger partial charge in [0.15, 0.2) is 0 Å². The molecule has 1 aliphatic carbocycles. The smallest absolute Gasteiger partial charge is 0.269 e. The molecule has 0 amide bonds. The van der Waals surface area contributed by atoms with Crippen LogP contribution >= 0.6 is 0 Å². The van der Waals surface area contributed by atoms with Crippen molar-refractivity contribution in [3.05, 3.63) is 39.9 Å². The van der Waals surface area contributed by atoms with Crippen molar-refractivity contribution in [3.8, 4) is 0 Å². The van der Waals surface area contributed by atoms with Crippen molar-refractivity contribution in [2.75, 3.05) is 6.54 Å². The first kappa shape index (κ1) is 12.0. The second-order valence-electron chi connectivity index (χ2n) is 4.98. The minimum absolute atomic E-state index is 0.158. The van der Waals surface area contributed by atoms with Crippen molar-refractivity contribution < 1.29 is 4.92 Å². The summed E-state index contributed by atoms with van der Waals surface area (Å²) in [5, 5.41) is 10.5. The topological polar surface area (TPSA) is 69.2 Å². The molecule has 0 heterocycles. The molecular weight excluding hydrogens is 216 g/mol. The van der Waals surface area contributed by atoms with Crippen molar-refractivity contribution in [1.82, 2.24) is 0 Å². The lowest BCUT2D eigenvalue weighted by molar-refractivity contribution is -0.384. The lowest BCUT2D eigenvalue weighted by Gasteiger charge is -2.41. The second kappa shape index (κ2) is 4.84. The third-order valence-electron chi connectivity index (χ3n) is 3.94. The molecule has 1 aliphatic rings. The highest BCUT2D eigenvalue weighted by molar-refractivity contribution is 5.32. The van der Waals surface area contributed by atoms with Gasteiger partial charge in [-0.2, -0.15) is 0 Å². The number of nitro groups is 1. The van der Waals surface area contributed by atoms with Gasteiger partial charge in [-0.3, -0.25) is 10.1 Å². The number of nitro benzene ring substituents is 1. The normalized spacial score (nSPS) is 17.5. The zero-order valence-corrected chi connectivity index (χ0v) is 9.89. The zero-order chi connectivity index (χ0) is 12.3. The molecule has 0 aliphatic heterocycles. The first-order chi connectivity index (χ1) is 8.15. The predicted molar refractivity (Wildman–Crippen MR) is 66.8 cm³/mol. The monoisotopic (exact) mass is 234 g/mol. The maximum Gasteiger partial charge on any atom is 0.269 e. The van der Waals surface area contributed by atoms with Crippen LogP contribution in [-0.4, -0.2) is 11.5 Å². The molecule has 92 valence electrons. The lowest BCUT2D eigenvalue weighted by Crippen LogP contribution is -2.37. The van der Waals surface area contributed by atoms with Crippen molar-refractivity contribution in [2.45, 2.75) is 32.1 Å². The Bertz CT molecular complexity index is 391. The van der Waals surface area contributed by atoms with Crippen LogP contribution in [0.2, 0.25) is 0 Å². The largest absolute Gasteiger partial charge is 0.330 e. The summed E-state index contributed by atoms with van der Waals surface area (Å²) in [4.78, 5) is 10.2. The Hall–Kier alpha value is -1.42. The van der Waals surface area contributed by atoms with Crippen LogP contribution in [0, 0.1) is 15.5 Å². The first-order valence-corrected chi connectivity index (χ1v) is 6.09.